The molecule has 5 rings (SSSR count). The van der Waals surface area contributed by atoms with Gasteiger partial charge in [0.1, 0.15) is 12.4 Å². The fraction of sp³-hybridized carbons (Fsp3) is 0.333. The second-order valence-electron chi connectivity index (χ2n) is 8.77. The van der Waals surface area contributed by atoms with Crippen LogP contribution in [0.3, 0.4) is 0 Å². The number of aryl methyl sites for hydroxylation is 2. The number of urea groups is 1. The number of benzene rings is 2. The molecule has 0 spiro atoms. The summed E-state index contributed by atoms with van der Waals surface area (Å²) in [6, 6.07) is 4.58. The van der Waals surface area contributed by atoms with Gasteiger partial charge in [0.25, 0.3) is 0 Å². The quantitative estimate of drug-likeness (QED) is 0.769. The highest BCUT2D eigenvalue weighted by Crippen LogP contribution is 2.43. The molecule has 2 bridgehead atoms. The third kappa shape index (κ3) is 3.25. The highest BCUT2D eigenvalue weighted by Gasteiger charge is 2.43. The first-order chi connectivity index (χ1) is 15.2. The molecule has 0 aromatic heterocycles. The van der Waals surface area contributed by atoms with Crippen LogP contribution in [0.1, 0.15) is 28.7 Å². The van der Waals surface area contributed by atoms with Crippen molar-refractivity contribution < 1.29 is 22.8 Å². The van der Waals surface area contributed by atoms with E-state index in [1.165, 1.54) is 23.1 Å². The van der Waals surface area contributed by atoms with Crippen molar-refractivity contribution in [3.05, 3.63) is 70.0 Å². The Kier molecular flexibility index (Phi) is 4.76. The van der Waals surface area contributed by atoms with Crippen LogP contribution in [-0.4, -0.2) is 40.9 Å². The predicted octanol–water partition coefficient (Wildman–Crippen LogP) is 4.38. The second kappa shape index (κ2) is 7.39. The molecule has 2 aromatic carbocycles. The number of likely N-dealkylation sites (tertiary alicyclic amines) is 1. The number of carbonyl (C=O) groups excluding carboxylic acids is 2. The van der Waals surface area contributed by atoms with Crippen molar-refractivity contribution >= 4 is 23.2 Å². The van der Waals surface area contributed by atoms with Gasteiger partial charge in [-0.05, 0) is 72.7 Å². The lowest BCUT2D eigenvalue weighted by molar-refractivity contribution is -0.132. The van der Waals surface area contributed by atoms with Crippen LogP contribution in [0.5, 0.6) is 0 Å². The monoisotopic (exact) mass is 441 g/mol. The maximum absolute atomic E-state index is 14.2. The highest BCUT2D eigenvalue weighted by molar-refractivity contribution is 5.95. The number of hydrogen-bond donors (Lipinski definition) is 1. The molecule has 5 nitrogen and oxygen atoms in total. The first-order valence-electron chi connectivity index (χ1n) is 10.5. The van der Waals surface area contributed by atoms with E-state index in [9.17, 15) is 22.8 Å². The molecule has 0 unspecified atom stereocenters. The van der Waals surface area contributed by atoms with E-state index < -0.39 is 17.7 Å². The van der Waals surface area contributed by atoms with E-state index in [2.05, 4.69) is 11.4 Å². The van der Waals surface area contributed by atoms with E-state index in [-0.39, 0.29) is 48.0 Å². The summed E-state index contributed by atoms with van der Waals surface area (Å²) in [5, 5.41) is 2.53. The maximum atomic E-state index is 14.2. The van der Waals surface area contributed by atoms with Gasteiger partial charge in [-0.3, -0.25) is 4.79 Å². The van der Waals surface area contributed by atoms with Gasteiger partial charge in [0, 0.05) is 12.1 Å². The number of amides is 3. The fourth-order valence-corrected chi connectivity index (χ4v) is 5.24. The van der Waals surface area contributed by atoms with Crippen LogP contribution in [0.4, 0.5) is 23.7 Å². The Morgan fingerprint density at radius 1 is 1.16 bits per heavy atom. The van der Waals surface area contributed by atoms with Gasteiger partial charge in [0.2, 0.25) is 5.91 Å². The number of anilines is 1. The van der Waals surface area contributed by atoms with Crippen LogP contribution in [0.25, 0.3) is 5.57 Å². The van der Waals surface area contributed by atoms with E-state index in [0.717, 1.165) is 34.8 Å². The van der Waals surface area contributed by atoms with Crippen LogP contribution >= 0.6 is 0 Å². The van der Waals surface area contributed by atoms with Crippen molar-refractivity contribution in [1.82, 2.24) is 9.80 Å². The number of rotatable bonds is 3. The van der Waals surface area contributed by atoms with Gasteiger partial charge in [-0.2, -0.15) is 0 Å². The fourth-order valence-electron chi connectivity index (χ4n) is 5.24. The molecule has 1 saturated heterocycles. The van der Waals surface area contributed by atoms with Crippen molar-refractivity contribution in [2.45, 2.75) is 32.9 Å². The molecule has 0 saturated carbocycles. The average Bonchev–Trinajstić information content (AvgIpc) is 3.32. The SMILES string of the molecule is Cc1cc(F)cc(C)c1C1=C[C@@H]2C[C@H]1N(C(=O)CN1Cc3c(ccc(F)c3F)NC1=O)C2. The predicted molar refractivity (Wildman–Crippen MR) is 113 cm³/mol. The van der Waals surface area contributed by atoms with Gasteiger partial charge in [0.15, 0.2) is 11.6 Å². The Hall–Kier alpha value is -3.29. The Bertz CT molecular complexity index is 1170. The summed E-state index contributed by atoms with van der Waals surface area (Å²) in [5.41, 5.74) is 3.84. The smallest absolute Gasteiger partial charge is 0.322 e. The van der Waals surface area contributed by atoms with E-state index in [4.69, 9.17) is 0 Å². The van der Waals surface area contributed by atoms with E-state index in [1.807, 2.05) is 13.8 Å². The topological polar surface area (TPSA) is 52.7 Å². The standard InChI is InChI=1S/C24H22F3N3O2/c1-12-5-15(25)6-13(2)22(12)16-7-14-8-20(16)30(9-14)21(31)11-29-10-17-19(28-24(29)32)4-3-18(26)23(17)27/h3-7,14,20H,8-11H2,1-2H3,(H,28,32)/t14-,20-/m1/s1. The van der Waals surface area contributed by atoms with Crippen LogP contribution in [0, 0.1) is 37.2 Å². The van der Waals surface area contributed by atoms with Crippen LogP contribution in [0.2, 0.25) is 0 Å². The number of halogens is 3. The summed E-state index contributed by atoms with van der Waals surface area (Å²) in [5.74, 6) is -2.36. The molecule has 1 N–H and O–H groups in total. The molecule has 2 aromatic rings. The Morgan fingerprint density at radius 3 is 2.56 bits per heavy atom. The summed E-state index contributed by atoms with van der Waals surface area (Å²) in [6.07, 6.45) is 2.94. The summed E-state index contributed by atoms with van der Waals surface area (Å²) in [6.45, 7) is 3.83. The molecule has 2 heterocycles. The number of nitrogens with one attached hydrogen (secondary N) is 1. The number of fused-ring (bicyclic) bond motifs is 3. The molecule has 3 aliphatic rings. The van der Waals surface area contributed by atoms with Gasteiger partial charge in [-0.15, -0.1) is 0 Å². The Morgan fingerprint density at radius 2 is 1.88 bits per heavy atom. The molecule has 166 valence electrons. The summed E-state index contributed by atoms with van der Waals surface area (Å²) in [7, 11) is 0. The zero-order valence-corrected chi connectivity index (χ0v) is 17.7. The number of hydrogen-bond acceptors (Lipinski definition) is 2. The van der Waals surface area contributed by atoms with Crippen LogP contribution in [-0.2, 0) is 11.3 Å². The van der Waals surface area contributed by atoms with E-state index >= 15 is 0 Å². The van der Waals surface area contributed by atoms with Crippen molar-refractivity contribution in [2.75, 3.05) is 18.4 Å². The molecule has 2 aliphatic heterocycles. The summed E-state index contributed by atoms with van der Waals surface area (Å²) < 4.78 is 41.6. The maximum Gasteiger partial charge on any atom is 0.322 e. The molecule has 0 radical (unpaired) electrons. The normalized spacial score (nSPS) is 21.5. The van der Waals surface area contributed by atoms with Crippen LogP contribution < -0.4 is 5.32 Å². The highest BCUT2D eigenvalue weighted by atomic mass is 19.2. The Balaban J connectivity index is 1.36. The molecular weight excluding hydrogens is 419 g/mol. The van der Waals surface area contributed by atoms with Gasteiger partial charge in [0.05, 0.1) is 18.3 Å². The molecular formula is C24H22F3N3O2. The molecule has 2 atom stereocenters. The van der Waals surface area contributed by atoms with Crippen LogP contribution in [0.15, 0.2) is 30.3 Å². The second-order valence-corrected chi connectivity index (χ2v) is 8.77. The van der Waals surface area contributed by atoms with Crippen molar-refractivity contribution in [1.29, 1.82) is 0 Å². The third-order valence-electron chi connectivity index (χ3n) is 6.61. The first-order valence-corrected chi connectivity index (χ1v) is 10.5. The third-order valence-corrected chi connectivity index (χ3v) is 6.61. The zero-order valence-electron chi connectivity index (χ0n) is 17.7. The lowest BCUT2D eigenvalue weighted by Gasteiger charge is -2.34. The average molecular weight is 441 g/mol. The summed E-state index contributed by atoms with van der Waals surface area (Å²) >= 11 is 0. The minimum Gasteiger partial charge on any atom is -0.333 e. The van der Waals surface area contributed by atoms with Crippen molar-refractivity contribution in [3.8, 4) is 0 Å². The minimum absolute atomic E-state index is 0.0264. The van der Waals surface area contributed by atoms with Gasteiger partial charge in [-0.25, -0.2) is 18.0 Å². The van der Waals surface area contributed by atoms with Gasteiger partial charge >= 0.3 is 6.03 Å². The lowest BCUT2D eigenvalue weighted by atomic mass is 9.91. The largest absolute Gasteiger partial charge is 0.333 e. The number of nitrogens with zero attached hydrogens (tertiary/aromatic N) is 2. The molecule has 1 fully saturated rings. The molecule has 3 amide bonds. The molecule has 8 heteroatoms. The molecule has 32 heavy (non-hydrogen) atoms. The van der Waals surface area contributed by atoms with Gasteiger partial charge < -0.3 is 15.1 Å². The molecule has 1 aliphatic carbocycles. The van der Waals surface area contributed by atoms with Gasteiger partial charge in [-0.1, -0.05) is 6.08 Å². The minimum atomic E-state index is -1.02. The Labute approximate surface area is 183 Å². The summed E-state index contributed by atoms with van der Waals surface area (Å²) in [4.78, 5) is 28.5. The van der Waals surface area contributed by atoms with Crippen molar-refractivity contribution in [2.24, 2.45) is 5.92 Å². The first kappa shape index (κ1) is 20.6. The van der Waals surface area contributed by atoms with Crippen molar-refractivity contribution in [3.63, 3.8) is 0 Å². The zero-order chi connectivity index (χ0) is 22.7. The van der Waals surface area contributed by atoms with E-state index in [0.29, 0.717) is 6.54 Å². The van der Waals surface area contributed by atoms with E-state index in [1.54, 1.807) is 4.90 Å². The number of carbonyl (C=O) groups is 2. The lowest BCUT2D eigenvalue weighted by Crippen LogP contribution is -2.48.